The van der Waals surface area contributed by atoms with Crippen LogP contribution < -0.4 is 4.74 Å². The van der Waals surface area contributed by atoms with Crippen LogP contribution >= 0.6 is 0 Å². The standard InChI is InChI=1S/C23H30O4S.C2H6/c1-6-25-15-16-26-21-11-7-19(8-12-21)20-9-13-22(14-10-20)28(24)17-18(2)27-23(3,4)5;1-2/h7-14H,2,6,15-17H2,1,3-5H3;1-2H3. The summed E-state index contributed by atoms with van der Waals surface area (Å²) in [5.74, 6) is 1.65. The molecule has 2 aromatic carbocycles. The van der Waals surface area contributed by atoms with Gasteiger partial charge in [0.2, 0.25) is 0 Å². The summed E-state index contributed by atoms with van der Waals surface area (Å²) < 4.78 is 29.1. The summed E-state index contributed by atoms with van der Waals surface area (Å²) in [6.07, 6.45) is 0. The van der Waals surface area contributed by atoms with Gasteiger partial charge in [-0.05, 0) is 63.1 Å². The van der Waals surface area contributed by atoms with Gasteiger partial charge in [-0.2, -0.15) is 0 Å². The highest BCUT2D eigenvalue weighted by atomic mass is 32.2. The molecule has 0 saturated heterocycles. The molecule has 5 heteroatoms. The van der Waals surface area contributed by atoms with E-state index in [9.17, 15) is 4.21 Å². The van der Waals surface area contributed by atoms with Crippen LogP contribution in [-0.2, 0) is 20.3 Å². The smallest absolute Gasteiger partial charge is 0.119 e. The molecule has 4 nitrogen and oxygen atoms in total. The van der Waals surface area contributed by atoms with Crippen molar-refractivity contribution in [2.45, 2.75) is 52.0 Å². The lowest BCUT2D eigenvalue weighted by Gasteiger charge is -2.22. The fraction of sp³-hybridized carbons (Fsp3) is 0.440. The first-order chi connectivity index (χ1) is 14.3. The first-order valence-electron chi connectivity index (χ1n) is 10.4. The van der Waals surface area contributed by atoms with Gasteiger partial charge in [0.25, 0.3) is 0 Å². The van der Waals surface area contributed by atoms with Crippen molar-refractivity contribution in [1.29, 1.82) is 0 Å². The zero-order valence-electron chi connectivity index (χ0n) is 19.2. The SMILES string of the molecule is C=C(CS(=O)c1ccc(-c2ccc(OCCOCC)cc2)cc1)OC(C)(C)C.CC. The zero-order chi connectivity index (χ0) is 22.6. The third-order valence-corrected chi connectivity index (χ3v) is 5.13. The lowest BCUT2D eigenvalue weighted by Crippen LogP contribution is -2.20. The second kappa shape index (κ2) is 13.2. The first-order valence-corrected chi connectivity index (χ1v) is 11.8. The van der Waals surface area contributed by atoms with Gasteiger partial charge in [0.15, 0.2) is 0 Å². The molecule has 0 aliphatic carbocycles. The van der Waals surface area contributed by atoms with Crippen molar-refractivity contribution in [2.75, 3.05) is 25.6 Å². The summed E-state index contributed by atoms with van der Waals surface area (Å²) in [5.41, 5.74) is 1.81. The molecular weight excluding hydrogens is 396 g/mol. The summed E-state index contributed by atoms with van der Waals surface area (Å²) in [6.45, 7) is 17.5. The molecule has 2 aromatic rings. The molecule has 166 valence electrons. The Balaban J connectivity index is 0.00000218. The molecule has 0 spiro atoms. The van der Waals surface area contributed by atoms with Crippen LogP contribution in [0.3, 0.4) is 0 Å². The van der Waals surface area contributed by atoms with Gasteiger partial charge in [0.05, 0.1) is 23.2 Å². The van der Waals surface area contributed by atoms with Crippen molar-refractivity contribution in [2.24, 2.45) is 0 Å². The van der Waals surface area contributed by atoms with Crippen molar-refractivity contribution in [3.05, 3.63) is 60.9 Å². The van der Waals surface area contributed by atoms with Crippen molar-refractivity contribution in [1.82, 2.24) is 0 Å². The Morgan fingerprint density at radius 3 is 1.97 bits per heavy atom. The Bertz CT molecular complexity index is 774. The number of hydrogen-bond acceptors (Lipinski definition) is 4. The number of hydrogen-bond donors (Lipinski definition) is 0. The summed E-state index contributed by atoms with van der Waals surface area (Å²) in [7, 11) is -1.18. The van der Waals surface area contributed by atoms with E-state index in [-0.39, 0.29) is 5.60 Å². The van der Waals surface area contributed by atoms with Crippen molar-refractivity contribution < 1.29 is 18.4 Å². The van der Waals surface area contributed by atoms with E-state index in [1.54, 1.807) is 0 Å². The zero-order valence-corrected chi connectivity index (χ0v) is 20.0. The van der Waals surface area contributed by atoms with Crippen LogP contribution in [-0.4, -0.2) is 35.4 Å². The van der Waals surface area contributed by atoms with E-state index in [4.69, 9.17) is 14.2 Å². The number of ether oxygens (including phenoxy) is 3. The Hall–Kier alpha value is -2.11. The van der Waals surface area contributed by atoms with Gasteiger partial charge in [-0.3, -0.25) is 4.21 Å². The predicted molar refractivity (Wildman–Crippen MR) is 126 cm³/mol. The van der Waals surface area contributed by atoms with Crippen LogP contribution in [0.1, 0.15) is 41.5 Å². The third kappa shape index (κ3) is 9.59. The minimum Gasteiger partial charge on any atom is -0.492 e. The molecule has 2 rings (SSSR count). The van der Waals surface area contributed by atoms with E-state index in [1.165, 1.54) is 0 Å². The highest BCUT2D eigenvalue weighted by Gasteiger charge is 2.15. The molecule has 0 fully saturated rings. The number of rotatable bonds is 10. The van der Waals surface area contributed by atoms with Gasteiger partial charge in [-0.1, -0.05) is 44.7 Å². The molecule has 30 heavy (non-hydrogen) atoms. The maximum atomic E-state index is 12.5. The van der Waals surface area contributed by atoms with E-state index in [0.29, 0.717) is 31.3 Å². The van der Waals surface area contributed by atoms with Crippen LogP contribution in [0.25, 0.3) is 11.1 Å². The fourth-order valence-corrected chi connectivity index (χ4v) is 3.56. The van der Waals surface area contributed by atoms with Crippen LogP contribution in [0.2, 0.25) is 0 Å². The van der Waals surface area contributed by atoms with Gasteiger partial charge < -0.3 is 14.2 Å². The fourth-order valence-electron chi connectivity index (χ4n) is 2.60. The Morgan fingerprint density at radius 1 is 0.933 bits per heavy atom. The molecule has 0 saturated carbocycles. The second-order valence-corrected chi connectivity index (χ2v) is 8.79. The van der Waals surface area contributed by atoms with E-state index in [0.717, 1.165) is 21.8 Å². The summed E-state index contributed by atoms with van der Waals surface area (Å²) >= 11 is 0. The highest BCUT2D eigenvalue weighted by Crippen LogP contribution is 2.24. The maximum absolute atomic E-state index is 12.5. The topological polar surface area (TPSA) is 44.8 Å². The van der Waals surface area contributed by atoms with E-state index >= 15 is 0 Å². The molecule has 0 aliphatic rings. The largest absolute Gasteiger partial charge is 0.492 e. The van der Waals surface area contributed by atoms with Crippen molar-refractivity contribution in [3.8, 4) is 16.9 Å². The molecular formula is C25H36O4S. The minimum absolute atomic E-state index is 0.296. The summed E-state index contributed by atoms with van der Waals surface area (Å²) in [4.78, 5) is 0.762. The lowest BCUT2D eigenvalue weighted by molar-refractivity contribution is 0.0553. The number of benzene rings is 2. The molecule has 0 bridgehead atoms. The van der Waals surface area contributed by atoms with E-state index in [1.807, 2.05) is 90.1 Å². The summed E-state index contributed by atoms with van der Waals surface area (Å²) in [6, 6.07) is 15.7. The van der Waals surface area contributed by atoms with Crippen LogP contribution in [0, 0.1) is 0 Å². The highest BCUT2D eigenvalue weighted by molar-refractivity contribution is 7.85. The molecule has 0 amide bonds. The van der Waals surface area contributed by atoms with Crippen molar-refractivity contribution in [3.63, 3.8) is 0 Å². The summed E-state index contributed by atoms with van der Waals surface area (Å²) in [5, 5.41) is 0. The van der Waals surface area contributed by atoms with Gasteiger partial charge in [0.1, 0.15) is 23.7 Å². The van der Waals surface area contributed by atoms with Crippen LogP contribution in [0.4, 0.5) is 0 Å². The lowest BCUT2D eigenvalue weighted by atomic mass is 10.1. The van der Waals surface area contributed by atoms with Crippen molar-refractivity contribution >= 4 is 10.8 Å². The normalized spacial score (nSPS) is 11.8. The maximum Gasteiger partial charge on any atom is 0.119 e. The molecule has 0 N–H and O–H groups in total. The monoisotopic (exact) mass is 432 g/mol. The minimum atomic E-state index is -1.18. The van der Waals surface area contributed by atoms with Gasteiger partial charge >= 0.3 is 0 Å². The van der Waals surface area contributed by atoms with Gasteiger partial charge in [-0.15, -0.1) is 0 Å². The average Bonchev–Trinajstić information content (AvgIpc) is 2.72. The Morgan fingerprint density at radius 2 is 1.47 bits per heavy atom. The average molecular weight is 433 g/mol. The molecule has 0 aromatic heterocycles. The third-order valence-electron chi connectivity index (χ3n) is 3.75. The van der Waals surface area contributed by atoms with Crippen LogP contribution in [0.5, 0.6) is 5.75 Å². The Kier molecular flexibility index (Phi) is 11.4. The molecule has 1 atom stereocenters. The predicted octanol–water partition coefficient (Wildman–Crippen LogP) is 6.23. The van der Waals surface area contributed by atoms with Gasteiger partial charge in [0, 0.05) is 11.5 Å². The van der Waals surface area contributed by atoms with Gasteiger partial charge in [-0.25, -0.2) is 0 Å². The molecule has 1 unspecified atom stereocenters. The quantitative estimate of drug-likeness (QED) is 0.330. The molecule has 0 radical (unpaired) electrons. The van der Waals surface area contributed by atoms with E-state index in [2.05, 4.69) is 6.58 Å². The van der Waals surface area contributed by atoms with Crippen LogP contribution in [0.15, 0.2) is 65.8 Å². The second-order valence-electron chi connectivity index (χ2n) is 7.34. The first kappa shape index (κ1) is 25.9. The van der Waals surface area contributed by atoms with E-state index < -0.39 is 10.8 Å². The molecule has 0 heterocycles. The Labute approximate surface area is 184 Å². The molecule has 0 aliphatic heterocycles.